The first-order chi connectivity index (χ1) is 15.8. The maximum atomic E-state index is 15.1. The summed E-state index contributed by atoms with van der Waals surface area (Å²) < 4.78 is 55.8. The van der Waals surface area contributed by atoms with Gasteiger partial charge in [-0.15, -0.1) is 0 Å². The van der Waals surface area contributed by atoms with Crippen LogP contribution in [0.15, 0.2) is 59.8 Å². The van der Waals surface area contributed by atoms with Crippen LogP contribution in [-0.4, -0.2) is 29.1 Å². The Bertz CT molecular complexity index is 1510. The number of nitrogens with zero attached hydrogens (tertiary/aromatic N) is 2. The number of nitrogens with one attached hydrogen (secondary N) is 3. The van der Waals surface area contributed by atoms with E-state index >= 15 is 4.39 Å². The van der Waals surface area contributed by atoms with Crippen LogP contribution < -0.4 is 15.6 Å². The number of halogens is 2. The van der Waals surface area contributed by atoms with E-state index in [1.54, 1.807) is 37.3 Å². The molecule has 0 saturated heterocycles. The summed E-state index contributed by atoms with van der Waals surface area (Å²) >= 11 is 0. The molecule has 0 fully saturated rings. The van der Waals surface area contributed by atoms with E-state index < -0.39 is 27.3 Å². The van der Waals surface area contributed by atoms with Crippen molar-refractivity contribution >= 4 is 38.1 Å². The predicted molar refractivity (Wildman–Crippen MR) is 123 cm³/mol. The maximum Gasteiger partial charge on any atom is 0.255 e. The van der Waals surface area contributed by atoms with Gasteiger partial charge in [-0.3, -0.25) is 9.52 Å². The minimum atomic E-state index is -3.78. The van der Waals surface area contributed by atoms with Gasteiger partial charge in [-0.1, -0.05) is 13.0 Å². The van der Waals surface area contributed by atoms with Crippen molar-refractivity contribution in [1.29, 1.82) is 0 Å². The van der Waals surface area contributed by atoms with E-state index in [2.05, 4.69) is 25.0 Å². The van der Waals surface area contributed by atoms with Gasteiger partial charge in [0.1, 0.15) is 23.6 Å². The van der Waals surface area contributed by atoms with Crippen LogP contribution in [-0.2, 0) is 10.0 Å². The van der Waals surface area contributed by atoms with Gasteiger partial charge in [0.2, 0.25) is 10.0 Å². The third-order valence-electron chi connectivity index (χ3n) is 4.84. The van der Waals surface area contributed by atoms with Crippen LogP contribution in [0.4, 0.5) is 26.0 Å². The van der Waals surface area contributed by atoms with E-state index in [1.807, 2.05) is 0 Å². The minimum absolute atomic E-state index is 0.0839. The monoisotopic (exact) mass is 471 g/mol. The van der Waals surface area contributed by atoms with E-state index in [0.29, 0.717) is 28.5 Å². The zero-order valence-corrected chi connectivity index (χ0v) is 18.2. The van der Waals surface area contributed by atoms with Gasteiger partial charge in [0.15, 0.2) is 5.82 Å². The van der Waals surface area contributed by atoms with E-state index in [4.69, 9.17) is 0 Å². The van der Waals surface area contributed by atoms with Crippen molar-refractivity contribution in [1.82, 2.24) is 15.0 Å². The van der Waals surface area contributed by atoms with Crippen molar-refractivity contribution in [2.45, 2.75) is 13.3 Å². The molecule has 0 aliphatic carbocycles. The van der Waals surface area contributed by atoms with Gasteiger partial charge in [-0.25, -0.2) is 27.2 Å². The fourth-order valence-corrected chi connectivity index (χ4v) is 4.46. The molecule has 0 radical (unpaired) electrons. The molecular formula is C22H19F2N5O3S. The summed E-state index contributed by atoms with van der Waals surface area (Å²) in [7, 11) is -3.78. The maximum absolute atomic E-state index is 15.1. The van der Waals surface area contributed by atoms with Gasteiger partial charge < -0.3 is 10.3 Å². The lowest BCUT2D eigenvalue weighted by Crippen LogP contribution is -2.17. The molecule has 2 aromatic heterocycles. The average Bonchev–Trinajstić information content (AvgIpc) is 2.78. The molecule has 2 aromatic carbocycles. The van der Waals surface area contributed by atoms with Crippen molar-refractivity contribution in [3.63, 3.8) is 0 Å². The molecule has 4 aromatic rings. The number of benzene rings is 2. The Morgan fingerprint density at radius 3 is 2.67 bits per heavy atom. The lowest BCUT2D eigenvalue weighted by atomic mass is 10.0. The number of anilines is 3. The highest BCUT2D eigenvalue weighted by Crippen LogP contribution is 2.32. The van der Waals surface area contributed by atoms with Gasteiger partial charge in [0, 0.05) is 17.1 Å². The Kier molecular flexibility index (Phi) is 6.05. The van der Waals surface area contributed by atoms with E-state index in [0.717, 1.165) is 12.1 Å². The molecular weight excluding hydrogens is 452 g/mol. The van der Waals surface area contributed by atoms with Gasteiger partial charge in [-0.2, -0.15) is 0 Å². The van der Waals surface area contributed by atoms with Gasteiger partial charge >= 0.3 is 0 Å². The Hall–Kier alpha value is -3.86. The molecule has 8 nitrogen and oxygen atoms in total. The Morgan fingerprint density at radius 1 is 1.09 bits per heavy atom. The molecule has 170 valence electrons. The third kappa shape index (κ3) is 4.67. The van der Waals surface area contributed by atoms with Crippen LogP contribution in [0.3, 0.4) is 0 Å². The molecule has 3 N–H and O–H groups in total. The summed E-state index contributed by atoms with van der Waals surface area (Å²) in [5.41, 5.74) is 0.177. The number of hydrogen-bond acceptors (Lipinski definition) is 6. The predicted octanol–water partition coefficient (Wildman–Crippen LogP) is 4.16. The highest BCUT2D eigenvalue weighted by molar-refractivity contribution is 7.92. The third-order valence-corrected chi connectivity index (χ3v) is 6.31. The summed E-state index contributed by atoms with van der Waals surface area (Å²) in [5.74, 6) is -2.17. The lowest BCUT2D eigenvalue weighted by Gasteiger charge is -2.14. The second kappa shape index (κ2) is 8.94. The standard InChI is InChI=1S/C22H19F2N5O3S/c1-2-10-33(31,32)29-18-8-6-16(23)20(19(18)24)28-21-15-11-13(5-7-17(15)26-12-27-21)14-4-3-9-25-22(14)30/h3-9,11-12,29H,2,10H2,1H3,(H,25,30)(H,26,27,28). The Labute approximate surface area is 187 Å². The fraction of sp³-hybridized carbons (Fsp3) is 0.136. The molecule has 4 rings (SSSR count). The average molecular weight is 471 g/mol. The van der Waals surface area contributed by atoms with Crippen molar-refractivity contribution < 1.29 is 17.2 Å². The van der Waals surface area contributed by atoms with Gasteiger partial charge in [0.05, 0.1) is 17.0 Å². The topological polar surface area (TPSA) is 117 Å². The van der Waals surface area contributed by atoms with E-state index in [9.17, 15) is 17.6 Å². The number of aromatic amines is 1. The molecule has 0 aliphatic rings. The Balaban J connectivity index is 1.78. The van der Waals surface area contributed by atoms with Crippen LogP contribution in [0, 0.1) is 11.6 Å². The van der Waals surface area contributed by atoms with E-state index in [1.165, 1.54) is 12.5 Å². The Morgan fingerprint density at radius 2 is 1.91 bits per heavy atom. The molecule has 0 aliphatic heterocycles. The van der Waals surface area contributed by atoms with Crippen molar-refractivity contribution in [2.75, 3.05) is 15.8 Å². The van der Waals surface area contributed by atoms with Crippen LogP contribution >= 0.6 is 0 Å². The normalized spacial score (nSPS) is 11.5. The number of hydrogen-bond donors (Lipinski definition) is 3. The van der Waals surface area contributed by atoms with Gasteiger partial charge in [0.25, 0.3) is 5.56 Å². The first-order valence-corrected chi connectivity index (χ1v) is 11.6. The molecule has 2 heterocycles. The molecule has 11 heteroatoms. The SMILES string of the molecule is CCCS(=O)(=O)Nc1ccc(F)c(Nc2ncnc3ccc(-c4ccc[nH]c4=O)cc23)c1F. The molecule has 0 amide bonds. The first-order valence-electron chi connectivity index (χ1n) is 9.97. The summed E-state index contributed by atoms with van der Waals surface area (Å²) in [5, 5.41) is 3.02. The quantitative estimate of drug-likeness (QED) is 0.373. The summed E-state index contributed by atoms with van der Waals surface area (Å²) in [6.07, 6.45) is 3.07. The number of aromatic nitrogens is 3. The molecule has 33 heavy (non-hydrogen) atoms. The summed E-state index contributed by atoms with van der Waals surface area (Å²) in [6, 6.07) is 10.3. The van der Waals surface area contributed by atoms with Gasteiger partial charge in [-0.05, 0) is 48.4 Å². The number of sulfonamides is 1. The first kappa shape index (κ1) is 22.3. The number of pyridine rings is 1. The number of rotatable bonds is 7. The van der Waals surface area contributed by atoms with Crippen LogP contribution in [0.2, 0.25) is 0 Å². The highest BCUT2D eigenvalue weighted by Gasteiger charge is 2.19. The van der Waals surface area contributed by atoms with Crippen molar-refractivity contribution in [2.24, 2.45) is 0 Å². The largest absolute Gasteiger partial charge is 0.335 e. The van der Waals surface area contributed by atoms with Crippen LogP contribution in [0.25, 0.3) is 22.0 Å². The van der Waals surface area contributed by atoms with Crippen molar-refractivity contribution in [3.8, 4) is 11.1 Å². The van der Waals surface area contributed by atoms with Crippen molar-refractivity contribution in [3.05, 3.63) is 77.0 Å². The molecule has 0 spiro atoms. The second-order valence-corrected chi connectivity index (χ2v) is 9.04. The molecule has 0 saturated carbocycles. The summed E-state index contributed by atoms with van der Waals surface area (Å²) in [4.78, 5) is 23.0. The lowest BCUT2D eigenvalue weighted by molar-refractivity contribution is 0.588. The second-order valence-electron chi connectivity index (χ2n) is 7.20. The van der Waals surface area contributed by atoms with Crippen LogP contribution in [0.1, 0.15) is 13.3 Å². The zero-order chi connectivity index (χ0) is 23.6. The van der Waals surface area contributed by atoms with E-state index in [-0.39, 0.29) is 22.8 Å². The smallest absolute Gasteiger partial charge is 0.255 e. The van der Waals surface area contributed by atoms with Crippen LogP contribution in [0.5, 0.6) is 0 Å². The number of H-pyrrole nitrogens is 1. The molecule has 0 atom stereocenters. The zero-order valence-electron chi connectivity index (χ0n) is 17.4. The minimum Gasteiger partial charge on any atom is -0.335 e. The fourth-order valence-electron chi connectivity index (χ4n) is 3.32. The molecule has 0 bridgehead atoms. The highest BCUT2D eigenvalue weighted by atomic mass is 32.2. The number of fused-ring (bicyclic) bond motifs is 1. The molecule has 0 unspecified atom stereocenters. The summed E-state index contributed by atoms with van der Waals surface area (Å²) in [6.45, 7) is 1.67.